The van der Waals surface area contributed by atoms with Crippen LogP contribution < -0.4 is 0 Å². The first-order chi connectivity index (χ1) is 15.4. The Morgan fingerprint density at radius 3 is 1.03 bits per heavy atom. The van der Waals surface area contributed by atoms with E-state index in [0.29, 0.717) is 0 Å². The van der Waals surface area contributed by atoms with Crippen LogP contribution in [0.25, 0.3) is 0 Å². The van der Waals surface area contributed by atoms with Crippen LogP contribution in [0.3, 0.4) is 0 Å². The third-order valence-corrected chi connectivity index (χ3v) is 10.4. The molecule has 0 saturated carbocycles. The summed E-state index contributed by atoms with van der Waals surface area (Å²) >= 11 is 0. The van der Waals surface area contributed by atoms with Gasteiger partial charge in [0.05, 0.1) is 0 Å². The van der Waals surface area contributed by atoms with E-state index in [1.165, 1.54) is 89.9 Å². The Morgan fingerprint density at radius 2 is 0.688 bits per heavy atom. The van der Waals surface area contributed by atoms with E-state index >= 15 is 0 Å². The van der Waals surface area contributed by atoms with Crippen LogP contribution in [0.15, 0.2) is 0 Å². The van der Waals surface area contributed by atoms with E-state index in [2.05, 4.69) is 20.8 Å². The minimum atomic E-state index is -4.55. The van der Waals surface area contributed by atoms with Crippen molar-refractivity contribution in [3.05, 3.63) is 0 Å². The van der Waals surface area contributed by atoms with Crippen LogP contribution in [-0.2, 0) is 0 Å². The van der Waals surface area contributed by atoms with Gasteiger partial charge in [0.25, 0.3) is 0 Å². The van der Waals surface area contributed by atoms with Crippen molar-refractivity contribution < 1.29 is 14.7 Å². The summed E-state index contributed by atoms with van der Waals surface area (Å²) in [4.78, 5) is 33.1. The molecular formula is C28H61O3P. The normalized spacial score (nSPS) is 14.4. The van der Waals surface area contributed by atoms with Gasteiger partial charge in [-0.25, -0.2) is 0 Å². The van der Waals surface area contributed by atoms with Crippen molar-refractivity contribution in [2.24, 2.45) is 0 Å². The predicted molar refractivity (Wildman–Crippen MR) is 145 cm³/mol. The quantitative estimate of drug-likeness (QED) is 0.0907. The fraction of sp³-hybridized carbons (Fsp3) is 1.00. The van der Waals surface area contributed by atoms with Crippen molar-refractivity contribution in [2.75, 3.05) is 6.16 Å². The second-order valence-corrected chi connectivity index (χ2v) is 14.2. The molecule has 1 unspecified atom stereocenters. The zero-order chi connectivity index (χ0) is 24.0. The first kappa shape index (κ1) is 32.3. The van der Waals surface area contributed by atoms with Crippen LogP contribution in [0.2, 0.25) is 0 Å². The summed E-state index contributed by atoms with van der Waals surface area (Å²) in [5.74, 6) is 0. The van der Waals surface area contributed by atoms with Crippen molar-refractivity contribution in [1.29, 1.82) is 0 Å². The van der Waals surface area contributed by atoms with E-state index in [0.717, 1.165) is 57.8 Å². The molecule has 0 aromatic rings. The van der Waals surface area contributed by atoms with Crippen molar-refractivity contribution in [2.45, 2.75) is 174 Å². The molecule has 4 heteroatoms. The third-order valence-electron chi connectivity index (χ3n) is 7.22. The van der Waals surface area contributed by atoms with Crippen LogP contribution in [0.5, 0.6) is 0 Å². The summed E-state index contributed by atoms with van der Waals surface area (Å²) in [6.45, 7) is 6.70. The van der Waals surface area contributed by atoms with Gasteiger partial charge in [0.15, 0.2) is 0 Å². The van der Waals surface area contributed by atoms with Crippen molar-refractivity contribution >= 4 is 7.28 Å². The molecule has 0 amide bonds. The molecule has 0 rings (SSSR count). The average Bonchev–Trinajstić information content (AvgIpc) is 2.75. The van der Waals surface area contributed by atoms with Gasteiger partial charge in [-0.2, -0.15) is 0 Å². The van der Waals surface area contributed by atoms with E-state index in [1.54, 1.807) is 0 Å². The van der Waals surface area contributed by atoms with Gasteiger partial charge in [0.1, 0.15) is 0 Å². The summed E-state index contributed by atoms with van der Waals surface area (Å²) in [7, 11) is -4.55. The van der Waals surface area contributed by atoms with Crippen LogP contribution in [0.1, 0.15) is 168 Å². The molecule has 0 aliphatic carbocycles. The van der Waals surface area contributed by atoms with Gasteiger partial charge >= 0.3 is 202 Å². The minimum absolute atomic E-state index is 0.218. The molecule has 0 aromatic carbocycles. The maximum atomic E-state index is 11.0. The number of hydrogen-bond acceptors (Lipinski definition) is 3. The molecule has 0 saturated heterocycles. The van der Waals surface area contributed by atoms with E-state index in [4.69, 9.17) is 0 Å². The second-order valence-electron chi connectivity index (χ2n) is 10.5. The summed E-state index contributed by atoms with van der Waals surface area (Å²) in [6.07, 6.45) is 27.0. The Labute approximate surface area is 202 Å². The predicted octanol–water partition coefficient (Wildman–Crippen LogP) is 9.66. The fourth-order valence-corrected chi connectivity index (χ4v) is 7.52. The summed E-state index contributed by atoms with van der Waals surface area (Å²) in [5, 5.41) is 0. The van der Waals surface area contributed by atoms with Crippen LogP contribution in [-0.4, -0.2) is 26.5 Å². The molecule has 0 aliphatic heterocycles. The zero-order valence-corrected chi connectivity index (χ0v) is 23.2. The maximum absolute atomic E-state index is 11.0. The molecule has 0 heterocycles. The zero-order valence-electron chi connectivity index (χ0n) is 22.3. The van der Waals surface area contributed by atoms with Gasteiger partial charge < -0.3 is 0 Å². The average molecular weight is 477 g/mol. The molecule has 0 spiro atoms. The van der Waals surface area contributed by atoms with E-state index in [-0.39, 0.29) is 11.8 Å². The van der Waals surface area contributed by atoms with Crippen LogP contribution in [0.4, 0.5) is 0 Å². The number of rotatable bonds is 25. The topological polar surface area (TPSA) is 60.7 Å². The van der Waals surface area contributed by atoms with Gasteiger partial charge in [0.2, 0.25) is 0 Å². The first-order valence-electron chi connectivity index (χ1n) is 14.6. The number of unbranched alkanes of at least 4 members (excludes halogenated alkanes) is 18. The Hall–Kier alpha value is 0.310. The SMILES string of the molecule is CCCCCCCCCCCC(CCCCCCCC)P(O)(O)(O)CCCCCCCC. The molecule has 0 fully saturated rings. The molecule has 0 aromatic heterocycles. The molecular weight excluding hydrogens is 415 g/mol. The Kier molecular flexibility index (Phi) is 20.9. The molecule has 1 atom stereocenters. The van der Waals surface area contributed by atoms with E-state index in [1.807, 2.05) is 0 Å². The first-order valence-corrected chi connectivity index (χ1v) is 17.0. The molecule has 32 heavy (non-hydrogen) atoms. The second kappa shape index (κ2) is 20.7. The molecule has 0 aliphatic rings. The van der Waals surface area contributed by atoms with Crippen molar-refractivity contribution in [3.63, 3.8) is 0 Å². The molecule has 3 N–H and O–H groups in total. The Bertz CT molecular complexity index is 392. The van der Waals surface area contributed by atoms with Gasteiger partial charge in [-0.1, -0.05) is 0 Å². The standard InChI is InChI=1S/C28H61O3P/c1-4-7-10-13-16-17-18-20-23-26-28(25-22-19-14-11-8-5-2)32(29,30,31)27-24-21-15-12-9-6-3/h28-31H,4-27H2,1-3H3. The summed E-state index contributed by atoms with van der Waals surface area (Å²) < 4.78 is 0. The molecule has 0 radical (unpaired) electrons. The fourth-order valence-electron chi connectivity index (χ4n) is 4.90. The van der Waals surface area contributed by atoms with E-state index in [9.17, 15) is 14.7 Å². The third kappa shape index (κ3) is 18.7. The number of hydrogen-bond donors (Lipinski definition) is 3. The van der Waals surface area contributed by atoms with Gasteiger partial charge in [-0.05, 0) is 0 Å². The molecule has 3 nitrogen and oxygen atoms in total. The van der Waals surface area contributed by atoms with Gasteiger partial charge in [-0.3, -0.25) is 0 Å². The summed E-state index contributed by atoms with van der Waals surface area (Å²) in [6, 6.07) is 0. The van der Waals surface area contributed by atoms with Gasteiger partial charge in [-0.15, -0.1) is 0 Å². The molecule has 196 valence electrons. The Morgan fingerprint density at radius 1 is 0.406 bits per heavy atom. The van der Waals surface area contributed by atoms with Crippen molar-refractivity contribution in [1.82, 2.24) is 0 Å². The Balaban J connectivity index is 4.42. The van der Waals surface area contributed by atoms with Gasteiger partial charge in [0, 0.05) is 0 Å². The summed E-state index contributed by atoms with van der Waals surface area (Å²) in [5.41, 5.74) is -0.299. The van der Waals surface area contributed by atoms with Crippen LogP contribution >= 0.6 is 7.28 Å². The molecule has 0 bridgehead atoms. The van der Waals surface area contributed by atoms with E-state index < -0.39 is 7.28 Å². The van der Waals surface area contributed by atoms with Crippen molar-refractivity contribution in [3.8, 4) is 0 Å². The monoisotopic (exact) mass is 476 g/mol. The van der Waals surface area contributed by atoms with Crippen LogP contribution in [0, 0.1) is 0 Å².